The van der Waals surface area contributed by atoms with Gasteiger partial charge in [0.2, 0.25) is 0 Å². The van der Waals surface area contributed by atoms with Gasteiger partial charge < -0.3 is 13.7 Å². The van der Waals surface area contributed by atoms with Gasteiger partial charge in [-0.05, 0) is 93.7 Å². The fourth-order valence-electron chi connectivity index (χ4n) is 7.70. The zero-order valence-corrected chi connectivity index (χ0v) is 25.5. The van der Waals surface area contributed by atoms with Gasteiger partial charge in [-0.2, -0.15) is 0 Å². The normalized spacial score (nSPS) is 13.6. The summed E-state index contributed by atoms with van der Waals surface area (Å²) in [5.41, 5.74) is 11.9. The van der Waals surface area contributed by atoms with Crippen LogP contribution in [0.25, 0.3) is 65.8 Å². The van der Waals surface area contributed by atoms with Crippen molar-refractivity contribution in [2.75, 3.05) is 4.90 Å². The molecule has 2 aromatic heterocycles. The molecule has 3 nitrogen and oxygen atoms in total. The van der Waals surface area contributed by atoms with Gasteiger partial charge in [0.15, 0.2) is 0 Å². The molecule has 0 N–H and O–H groups in total. The third-order valence-electron chi connectivity index (χ3n) is 10.0. The van der Waals surface area contributed by atoms with Crippen molar-refractivity contribution in [2.24, 2.45) is 0 Å². The minimum absolute atomic E-state index is 0.151. The van der Waals surface area contributed by atoms with Crippen LogP contribution in [0.1, 0.15) is 25.0 Å². The van der Waals surface area contributed by atoms with Crippen molar-refractivity contribution in [3.8, 4) is 11.1 Å². The van der Waals surface area contributed by atoms with Crippen LogP contribution in [-0.2, 0) is 5.41 Å². The summed E-state index contributed by atoms with van der Waals surface area (Å²) in [5.74, 6) is 0. The van der Waals surface area contributed by atoms with E-state index in [2.05, 4.69) is 134 Å². The molecule has 0 fully saturated rings. The van der Waals surface area contributed by atoms with Crippen LogP contribution in [0, 0.1) is 0 Å². The fraction of sp³-hybridized carbons (Fsp3) is 0.0698. The second-order valence-corrected chi connectivity index (χ2v) is 13.0. The van der Waals surface area contributed by atoms with E-state index in [0.29, 0.717) is 0 Å². The monoisotopic (exact) mass is 591 g/mol. The minimum atomic E-state index is -0.151. The van der Waals surface area contributed by atoms with E-state index in [-0.39, 0.29) is 5.41 Å². The maximum atomic E-state index is 6.37. The van der Waals surface area contributed by atoms with E-state index in [1.165, 1.54) is 33.0 Å². The first kappa shape index (κ1) is 25.5. The first-order valence-corrected chi connectivity index (χ1v) is 15.8. The van der Waals surface area contributed by atoms with Crippen molar-refractivity contribution in [1.82, 2.24) is 0 Å². The lowest BCUT2D eigenvalue weighted by molar-refractivity contribution is 0.661. The highest BCUT2D eigenvalue weighted by atomic mass is 16.3. The topological polar surface area (TPSA) is 29.5 Å². The largest absolute Gasteiger partial charge is 0.456 e. The number of nitrogens with zero attached hydrogens (tertiary/aromatic N) is 1. The third kappa shape index (κ3) is 3.54. The van der Waals surface area contributed by atoms with Crippen LogP contribution in [0.15, 0.2) is 148 Å². The summed E-state index contributed by atoms with van der Waals surface area (Å²) in [6, 6.07) is 49.9. The van der Waals surface area contributed by atoms with Crippen LogP contribution < -0.4 is 4.90 Å². The lowest BCUT2D eigenvalue weighted by atomic mass is 9.81. The van der Waals surface area contributed by atoms with E-state index in [0.717, 1.165) is 60.9 Å². The van der Waals surface area contributed by atoms with Crippen LogP contribution in [0.2, 0.25) is 0 Å². The molecule has 0 radical (unpaired) electrons. The van der Waals surface area contributed by atoms with Crippen LogP contribution >= 0.6 is 0 Å². The lowest BCUT2D eigenvalue weighted by Crippen LogP contribution is -2.16. The Morgan fingerprint density at radius 2 is 0.891 bits per heavy atom. The number of benzene rings is 7. The summed E-state index contributed by atoms with van der Waals surface area (Å²) in [4.78, 5) is 2.33. The molecule has 10 rings (SSSR count). The minimum Gasteiger partial charge on any atom is -0.456 e. The standard InChI is InChI=1S/C43H29NO2/c1-43(2)37-22-27-10-4-3-9-26(27)21-36(37)31-18-15-28(23-38(31)43)44(29-16-19-34-32-11-5-7-13-39(32)45-41(34)24-29)30-17-20-35-33-12-6-8-14-40(33)46-42(35)25-30/h3-25H,1-2H3. The van der Waals surface area contributed by atoms with Crippen molar-refractivity contribution in [3.05, 3.63) is 151 Å². The van der Waals surface area contributed by atoms with Gasteiger partial charge in [0, 0.05) is 56.2 Å². The average Bonchev–Trinajstić information content (AvgIpc) is 3.71. The Morgan fingerprint density at radius 3 is 1.52 bits per heavy atom. The van der Waals surface area contributed by atoms with E-state index in [1.807, 2.05) is 24.3 Å². The number of furan rings is 2. The SMILES string of the molecule is CC1(C)c2cc(N(c3ccc4c(c3)oc3ccccc34)c3ccc4c(c3)oc3ccccc34)ccc2-c2cc3ccccc3cc21. The van der Waals surface area contributed by atoms with Gasteiger partial charge in [-0.15, -0.1) is 0 Å². The van der Waals surface area contributed by atoms with E-state index >= 15 is 0 Å². The van der Waals surface area contributed by atoms with Crippen LogP contribution in [0.3, 0.4) is 0 Å². The molecule has 0 bridgehead atoms. The molecule has 0 amide bonds. The fourth-order valence-corrected chi connectivity index (χ4v) is 7.70. The molecule has 7 aromatic carbocycles. The Balaban J connectivity index is 1.19. The molecule has 0 unspecified atom stereocenters. The lowest BCUT2D eigenvalue weighted by Gasteiger charge is -2.28. The average molecular weight is 592 g/mol. The summed E-state index contributed by atoms with van der Waals surface area (Å²) in [6.07, 6.45) is 0. The predicted molar refractivity (Wildman–Crippen MR) is 191 cm³/mol. The van der Waals surface area contributed by atoms with E-state index in [9.17, 15) is 0 Å². The summed E-state index contributed by atoms with van der Waals surface area (Å²) in [7, 11) is 0. The number of para-hydroxylation sites is 2. The molecule has 0 aliphatic heterocycles. The van der Waals surface area contributed by atoms with Crippen LogP contribution in [0.5, 0.6) is 0 Å². The molecule has 3 heteroatoms. The highest BCUT2D eigenvalue weighted by Crippen LogP contribution is 2.52. The number of hydrogen-bond donors (Lipinski definition) is 0. The molecule has 1 aliphatic rings. The Kier molecular flexibility index (Phi) is 5.06. The van der Waals surface area contributed by atoms with Gasteiger partial charge in [0.1, 0.15) is 22.3 Å². The van der Waals surface area contributed by atoms with Crippen molar-refractivity contribution >= 4 is 71.7 Å². The van der Waals surface area contributed by atoms with Crippen molar-refractivity contribution in [2.45, 2.75) is 19.3 Å². The molecular weight excluding hydrogens is 562 g/mol. The smallest absolute Gasteiger partial charge is 0.137 e. The first-order chi connectivity index (χ1) is 22.5. The van der Waals surface area contributed by atoms with Gasteiger partial charge in [-0.25, -0.2) is 0 Å². The Morgan fingerprint density at radius 1 is 0.413 bits per heavy atom. The number of hydrogen-bond acceptors (Lipinski definition) is 3. The molecule has 2 heterocycles. The summed E-state index contributed by atoms with van der Waals surface area (Å²) < 4.78 is 12.7. The summed E-state index contributed by atoms with van der Waals surface area (Å²) >= 11 is 0. The third-order valence-corrected chi connectivity index (χ3v) is 10.0. The Hall–Kier alpha value is -5.80. The van der Waals surface area contributed by atoms with Gasteiger partial charge >= 0.3 is 0 Å². The highest BCUT2D eigenvalue weighted by Gasteiger charge is 2.36. The first-order valence-electron chi connectivity index (χ1n) is 15.8. The van der Waals surface area contributed by atoms with Crippen LogP contribution in [0.4, 0.5) is 17.1 Å². The Labute approximate surface area is 265 Å². The molecule has 218 valence electrons. The maximum absolute atomic E-state index is 6.37. The molecular formula is C43H29NO2. The molecule has 0 atom stereocenters. The van der Waals surface area contributed by atoms with E-state index in [1.54, 1.807) is 0 Å². The van der Waals surface area contributed by atoms with Crippen molar-refractivity contribution in [3.63, 3.8) is 0 Å². The number of fused-ring (bicyclic) bond motifs is 10. The molecule has 0 spiro atoms. The number of rotatable bonds is 3. The molecule has 0 saturated heterocycles. The highest BCUT2D eigenvalue weighted by molar-refractivity contribution is 6.08. The van der Waals surface area contributed by atoms with Gasteiger partial charge in [0.05, 0.1) is 0 Å². The zero-order valence-electron chi connectivity index (χ0n) is 25.5. The zero-order chi connectivity index (χ0) is 30.6. The summed E-state index contributed by atoms with van der Waals surface area (Å²) in [6.45, 7) is 4.70. The molecule has 1 aliphatic carbocycles. The second-order valence-electron chi connectivity index (χ2n) is 13.0. The predicted octanol–water partition coefficient (Wildman–Crippen LogP) is 12.4. The number of anilines is 3. The maximum Gasteiger partial charge on any atom is 0.137 e. The van der Waals surface area contributed by atoms with Gasteiger partial charge in [-0.3, -0.25) is 0 Å². The van der Waals surface area contributed by atoms with Crippen molar-refractivity contribution in [1.29, 1.82) is 0 Å². The van der Waals surface area contributed by atoms with E-state index < -0.39 is 0 Å². The quantitative estimate of drug-likeness (QED) is 0.205. The van der Waals surface area contributed by atoms with E-state index in [4.69, 9.17) is 8.83 Å². The molecule has 0 saturated carbocycles. The van der Waals surface area contributed by atoms with Crippen molar-refractivity contribution < 1.29 is 8.83 Å². The summed E-state index contributed by atoms with van der Waals surface area (Å²) in [5, 5.41) is 7.04. The Bertz CT molecular complexity index is 2580. The molecule has 9 aromatic rings. The van der Waals surface area contributed by atoms with Gasteiger partial charge in [0.25, 0.3) is 0 Å². The van der Waals surface area contributed by atoms with Crippen LogP contribution in [-0.4, -0.2) is 0 Å². The second kappa shape index (κ2) is 9.12. The van der Waals surface area contributed by atoms with Gasteiger partial charge in [-0.1, -0.05) is 80.6 Å². The molecule has 46 heavy (non-hydrogen) atoms.